The summed E-state index contributed by atoms with van der Waals surface area (Å²) in [5.74, 6) is -0.618. The van der Waals surface area contributed by atoms with E-state index in [9.17, 15) is 4.39 Å². The Kier molecular flexibility index (Phi) is 2.42. The first-order valence-electron chi connectivity index (χ1n) is 4.33. The summed E-state index contributed by atoms with van der Waals surface area (Å²) in [6, 6.07) is 12.9. The average Bonchev–Trinajstić information content (AvgIpc) is 2.30. The lowest BCUT2D eigenvalue weighted by Crippen LogP contribution is -1.84. The van der Waals surface area contributed by atoms with Gasteiger partial charge in [0.25, 0.3) is 0 Å². The molecule has 2 aromatic rings. The number of nitriles is 1. The molecule has 3 heteroatoms. The van der Waals surface area contributed by atoms with E-state index in [1.165, 1.54) is 12.3 Å². The Balaban J connectivity index is 2.38. The van der Waals surface area contributed by atoms with Crippen LogP contribution in [0.15, 0.2) is 36.5 Å². The molecule has 0 bridgehead atoms. The molecular formula is C12H6FN2. The maximum atomic E-state index is 12.5. The number of halogens is 1. The van der Waals surface area contributed by atoms with Crippen LogP contribution in [0.5, 0.6) is 0 Å². The van der Waals surface area contributed by atoms with Gasteiger partial charge < -0.3 is 0 Å². The summed E-state index contributed by atoms with van der Waals surface area (Å²) in [4.78, 5) is 3.51. The van der Waals surface area contributed by atoms with Gasteiger partial charge in [-0.2, -0.15) is 9.65 Å². The minimum Gasteiger partial charge on any atom is -0.227 e. The minimum atomic E-state index is -0.618. The van der Waals surface area contributed by atoms with Crippen LogP contribution < -0.4 is 0 Å². The lowest BCUT2D eigenvalue weighted by atomic mass is 10.1. The fourth-order valence-corrected chi connectivity index (χ4v) is 1.23. The smallest absolute Gasteiger partial charge is 0.220 e. The van der Waals surface area contributed by atoms with Crippen LogP contribution in [0, 0.1) is 23.3 Å². The minimum absolute atomic E-state index is 0.595. The van der Waals surface area contributed by atoms with Crippen LogP contribution in [-0.4, -0.2) is 4.98 Å². The highest BCUT2D eigenvalue weighted by molar-refractivity contribution is 5.62. The van der Waals surface area contributed by atoms with E-state index in [1.54, 1.807) is 24.3 Å². The van der Waals surface area contributed by atoms with Gasteiger partial charge in [-0.05, 0) is 23.8 Å². The molecule has 0 N–H and O–H groups in total. The van der Waals surface area contributed by atoms with Crippen molar-refractivity contribution in [3.63, 3.8) is 0 Å². The molecule has 0 spiro atoms. The fraction of sp³-hybridized carbons (Fsp3) is 0. The van der Waals surface area contributed by atoms with Gasteiger partial charge in [-0.15, -0.1) is 0 Å². The van der Waals surface area contributed by atoms with Crippen LogP contribution in [0.3, 0.4) is 0 Å². The summed E-state index contributed by atoms with van der Waals surface area (Å²) in [7, 11) is 0. The predicted molar refractivity (Wildman–Crippen MR) is 53.2 cm³/mol. The summed E-state index contributed by atoms with van der Waals surface area (Å²) >= 11 is 0. The molecule has 0 amide bonds. The maximum absolute atomic E-state index is 12.5. The van der Waals surface area contributed by atoms with Crippen molar-refractivity contribution in [1.82, 2.24) is 4.98 Å². The van der Waals surface area contributed by atoms with Gasteiger partial charge in [0.2, 0.25) is 5.95 Å². The van der Waals surface area contributed by atoms with Crippen LogP contribution in [0.2, 0.25) is 0 Å². The fourth-order valence-electron chi connectivity index (χ4n) is 1.23. The van der Waals surface area contributed by atoms with Crippen molar-refractivity contribution in [3.05, 3.63) is 54.1 Å². The largest absolute Gasteiger partial charge is 0.227 e. The molecule has 0 saturated carbocycles. The molecule has 0 aliphatic carbocycles. The molecule has 2 rings (SSSR count). The Morgan fingerprint density at radius 3 is 2.47 bits per heavy atom. The molecule has 0 unspecified atom stereocenters. The van der Waals surface area contributed by atoms with Gasteiger partial charge in [-0.25, -0.2) is 4.98 Å². The molecule has 1 aromatic carbocycles. The van der Waals surface area contributed by atoms with E-state index >= 15 is 0 Å². The van der Waals surface area contributed by atoms with Crippen molar-refractivity contribution in [2.45, 2.75) is 0 Å². The van der Waals surface area contributed by atoms with E-state index in [1.807, 2.05) is 6.07 Å². The van der Waals surface area contributed by atoms with Crippen LogP contribution in [0.1, 0.15) is 5.56 Å². The SMILES string of the molecule is N#Cc1ccc(-c2c[c]c(F)nc2)cc1. The standard InChI is InChI=1S/C12H6FN2/c13-12-6-5-11(8-15-12)10-3-1-9(7-14)2-4-10/h1-5,8H. The Morgan fingerprint density at radius 1 is 1.20 bits per heavy atom. The third-order valence-electron chi connectivity index (χ3n) is 2.01. The summed E-state index contributed by atoms with van der Waals surface area (Å²) in [6.45, 7) is 0. The molecule has 0 saturated heterocycles. The first-order chi connectivity index (χ1) is 7.29. The number of hydrogen-bond acceptors (Lipinski definition) is 2. The second-order valence-electron chi connectivity index (χ2n) is 2.98. The molecule has 0 aliphatic heterocycles. The summed E-state index contributed by atoms with van der Waals surface area (Å²) < 4.78 is 12.5. The van der Waals surface area contributed by atoms with E-state index in [-0.39, 0.29) is 0 Å². The highest BCUT2D eigenvalue weighted by Crippen LogP contribution is 2.18. The van der Waals surface area contributed by atoms with Gasteiger partial charge in [-0.1, -0.05) is 12.1 Å². The molecule has 0 fully saturated rings. The average molecular weight is 197 g/mol. The van der Waals surface area contributed by atoms with Gasteiger partial charge in [0, 0.05) is 17.8 Å². The molecule has 71 valence electrons. The Labute approximate surface area is 86.6 Å². The van der Waals surface area contributed by atoms with Gasteiger partial charge in [-0.3, -0.25) is 0 Å². The molecule has 0 aliphatic rings. The number of benzene rings is 1. The lowest BCUT2D eigenvalue weighted by Gasteiger charge is -1.99. The number of nitrogens with zero attached hydrogens (tertiary/aromatic N) is 2. The van der Waals surface area contributed by atoms with E-state index in [4.69, 9.17) is 5.26 Å². The molecule has 2 nitrogen and oxygen atoms in total. The van der Waals surface area contributed by atoms with Crippen molar-refractivity contribution in [2.24, 2.45) is 0 Å². The Hall–Kier alpha value is -2.21. The van der Waals surface area contributed by atoms with Crippen molar-refractivity contribution in [2.75, 3.05) is 0 Å². The van der Waals surface area contributed by atoms with E-state index in [0.29, 0.717) is 5.56 Å². The van der Waals surface area contributed by atoms with E-state index in [0.717, 1.165) is 11.1 Å². The third-order valence-corrected chi connectivity index (χ3v) is 2.01. The van der Waals surface area contributed by atoms with Crippen molar-refractivity contribution < 1.29 is 4.39 Å². The Bertz CT molecular complexity index is 495. The molecule has 15 heavy (non-hydrogen) atoms. The zero-order valence-electron chi connectivity index (χ0n) is 7.74. The molecule has 1 radical (unpaired) electrons. The maximum Gasteiger partial charge on any atom is 0.220 e. The normalized spacial score (nSPS) is 9.60. The molecule has 1 aromatic heterocycles. The van der Waals surface area contributed by atoms with Crippen LogP contribution >= 0.6 is 0 Å². The monoisotopic (exact) mass is 197 g/mol. The zero-order valence-corrected chi connectivity index (χ0v) is 7.74. The summed E-state index contributed by atoms with van der Waals surface area (Å²) in [6.07, 6.45) is 1.44. The highest BCUT2D eigenvalue weighted by atomic mass is 19.1. The quantitative estimate of drug-likeness (QED) is 0.659. The second kappa shape index (κ2) is 3.89. The number of pyridine rings is 1. The lowest BCUT2D eigenvalue weighted by molar-refractivity contribution is 0.582. The topological polar surface area (TPSA) is 36.7 Å². The van der Waals surface area contributed by atoms with Gasteiger partial charge in [0.1, 0.15) is 0 Å². The third kappa shape index (κ3) is 2.00. The number of aromatic nitrogens is 1. The molecule has 0 atom stereocenters. The molecule has 1 heterocycles. The van der Waals surface area contributed by atoms with Crippen LogP contribution in [0.25, 0.3) is 11.1 Å². The van der Waals surface area contributed by atoms with Crippen LogP contribution in [-0.2, 0) is 0 Å². The number of rotatable bonds is 1. The summed E-state index contributed by atoms with van der Waals surface area (Å²) in [5, 5.41) is 8.62. The van der Waals surface area contributed by atoms with Crippen LogP contribution in [0.4, 0.5) is 4.39 Å². The van der Waals surface area contributed by atoms with Crippen molar-refractivity contribution in [1.29, 1.82) is 5.26 Å². The summed E-state index contributed by atoms with van der Waals surface area (Å²) in [5.41, 5.74) is 2.26. The van der Waals surface area contributed by atoms with Crippen molar-refractivity contribution >= 4 is 0 Å². The van der Waals surface area contributed by atoms with E-state index < -0.39 is 5.95 Å². The highest BCUT2D eigenvalue weighted by Gasteiger charge is 1.99. The second-order valence-corrected chi connectivity index (χ2v) is 2.98. The predicted octanol–water partition coefficient (Wildman–Crippen LogP) is 2.56. The van der Waals surface area contributed by atoms with Gasteiger partial charge in [0.05, 0.1) is 11.6 Å². The number of hydrogen-bond donors (Lipinski definition) is 0. The van der Waals surface area contributed by atoms with Gasteiger partial charge in [0.15, 0.2) is 0 Å². The first-order valence-corrected chi connectivity index (χ1v) is 4.33. The molecular weight excluding hydrogens is 191 g/mol. The zero-order chi connectivity index (χ0) is 10.7. The Morgan fingerprint density at radius 2 is 1.93 bits per heavy atom. The van der Waals surface area contributed by atoms with Gasteiger partial charge >= 0.3 is 0 Å². The van der Waals surface area contributed by atoms with Crippen molar-refractivity contribution in [3.8, 4) is 17.2 Å². The first kappa shape index (κ1) is 9.35. The van der Waals surface area contributed by atoms with E-state index in [2.05, 4.69) is 11.1 Å².